The number of ether oxygens (including phenoxy) is 1. The predicted octanol–water partition coefficient (Wildman–Crippen LogP) is 3.03. The molecule has 0 amide bonds. The van der Waals surface area contributed by atoms with Crippen molar-refractivity contribution in [3.8, 4) is 16.8 Å². The van der Waals surface area contributed by atoms with Crippen LogP contribution in [0.5, 0.6) is 0 Å². The first-order valence-corrected chi connectivity index (χ1v) is 14.9. The summed E-state index contributed by atoms with van der Waals surface area (Å²) in [7, 11) is -3.74. The molecule has 4 heterocycles. The van der Waals surface area contributed by atoms with Crippen molar-refractivity contribution in [2.24, 2.45) is 0 Å². The molecule has 13 heteroatoms. The number of nitrogens with one attached hydrogen (secondary N) is 1. The third kappa shape index (κ3) is 4.91. The van der Waals surface area contributed by atoms with Crippen LogP contribution in [0.3, 0.4) is 0 Å². The molecule has 6 rings (SSSR count). The fraction of sp³-hybridized carbons (Fsp3) is 0.241. The van der Waals surface area contributed by atoms with E-state index in [1.165, 1.54) is 10.6 Å². The van der Waals surface area contributed by atoms with Crippen LogP contribution in [0.15, 0.2) is 82.9 Å². The van der Waals surface area contributed by atoms with Gasteiger partial charge in [-0.15, -0.1) is 0 Å². The summed E-state index contributed by atoms with van der Waals surface area (Å²) in [6, 6.07) is 17.2. The van der Waals surface area contributed by atoms with Crippen LogP contribution < -0.4 is 16.6 Å². The normalized spacial score (nSPS) is 15.1. The summed E-state index contributed by atoms with van der Waals surface area (Å²) in [6.45, 7) is 5.01. The number of para-hydroxylation sites is 1. The SMILES string of the molecule is Cc1ccn2nc([C@H](C)Nc3ncnc(N)c3-c3cccc(S(=O)(=O)N4CCOCC4)c3)n(-c3ccccc3)c(=O)c12. The van der Waals surface area contributed by atoms with Gasteiger partial charge in [0.15, 0.2) is 5.82 Å². The number of nitrogen functional groups attached to an aromatic ring is 1. The van der Waals surface area contributed by atoms with Crippen LogP contribution in [-0.4, -0.2) is 63.2 Å². The lowest BCUT2D eigenvalue weighted by Crippen LogP contribution is -2.40. The molecule has 0 unspecified atom stereocenters. The van der Waals surface area contributed by atoms with E-state index in [0.29, 0.717) is 47.2 Å². The monoisotopic (exact) mass is 586 g/mol. The topological polar surface area (TPSA) is 150 Å². The highest BCUT2D eigenvalue weighted by molar-refractivity contribution is 7.89. The third-order valence-corrected chi connectivity index (χ3v) is 9.17. The first-order valence-electron chi connectivity index (χ1n) is 13.5. The highest BCUT2D eigenvalue weighted by atomic mass is 32.2. The fourth-order valence-electron chi connectivity index (χ4n) is 5.15. The Morgan fingerprint density at radius 1 is 1.02 bits per heavy atom. The van der Waals surface area contributed by atoms with Gasteiger partial charge in [0.1, 0.15) is 23.5 Å². The first kappa shape index (κ1) is 27.6. The van der Waals surface area contributed by atoms with Gasteiger partial charge in [-0.2, -0.15) is 9.40 Å². The van der Waals surface area contributed by atoms with Crippen LogP contribution in [0, 0.1) is 6.92 Å². The number of sulfonamides is 1. The van der Waals surface area contributed by atoms with Gasteiger partial charge in [0.05, 0.1) is 35.4 Å². The van der Waals surface area contributed by atoms with Crippen LogP contribution in [0.1, 0.15) is 24.4 Å². The summed E-state index contributed by atoms with van der Waals surface area (Å²) >= 11 is 0. The molecule has 0 bridgehead atoms. The molecule has 0 aliphatic carbocycles. The molecule has 3 aromatic heterocycles. The van der Waals surface area contributed by atoms with Crippen LogP contribution in [-0.2, 0) is 14.8 Å². The molecule has 1 fully saturated rings. The third-order valence-electron chi connectivity index (χ3n) is 7.28. The predicted molar refractivity (Wildman–Crippen MR) is 159 cm³/mol. The van der Waals surface area contributed by atoms with E-state index < -0.39 is 16.1 Å². The average molecular weight is 587 g/mol. The second-order valence-electron chi connectivity index (χ2n) is 10.0. The van der Waals surface area contributed by atoms with Crippen LogP contribution >= 0.6 is 0 Å². The van der Waals surface area contributed by atoms with Gasteiger partial charge in [-0.25, -0.2) is 22.9 Å². The second kappa shape index (κ2) is 11.0. The van der Waals surface area contributed by atoms with Crippen LogP contribution in [0.2, 0.25) is 0 Å². The molecule has 5 aromatic rings. The maximum absolute atomic E-state index is 13.8. The molecular weight excluding hydrogens is 556 g/mol. The van der Waals surface area contributed by atoms with Crippen LogP contribution in [0.4, 0.5) is 11.6 Å². The molecule has 1 saturated heterocycles. The van der Waals surface area contributed by atoms with Crippen molar-refractivity contribution in [1.82, 2.24) is 28.5 Å². The van der Waals surface area contributed by atoms with Gasteiger partial charge >= 0.3 is 0 Å². The molecule has 0 radical (unpaired) electrons. The summed E-state index contributed by atoms with van der Waals surface area (Å²) in [5, 5.41) is 8.15. The van der Waals surface area contributed by atoms with E-state index in [0.717, 1.165) is 5.56 Å². The highest BCUT2D eigenvalue weighted by Crippen LogP contribution is 2.34. The van der Waals surface area contributed by atoms with Crippen molar-refractivity contribution in [3.63, 3.8) is 0 Å². The van der Waals surface area contributed by atoms with Gasteiger partial charge in [0, 0.05) is 19.3 Å². The Balaban J connectivity index is 1.42. The van der Waals surface area contributed by atoms with Gasteiger partial charge in [0.2, 0.25) is 10.0 Å². The Hall–Kier alpha value is -4.59. The van der Waals surface area contributed by atoms with E-state index in [1.807, 2.05) is 50.2 Å². The Morgan fingerprint density at radius 2 is 1.79 bits per heavy atom. The lowest BCUT2D eigenvalue weighted by molar-refractivity contribution is 0.0730. The molecular formula is C29H30N8O4S. The highest BCUT2D eigenvalue weighted by Gasteiger charge is 2.27. The number of anilines is 2. The number of aromatic nitrogens is 5. The van der Waals surface area contributed by atoms with E-state index >= 15 is 0 Å². The second-order valence-corrected chi connectivity index (χ2v) is 12.0. The van der Waals surface area contributed by atoms with Crippen molar-refractivity contribution in [1.29, 1.82) is 0 Å². The lowest BCUT2D eigenvalue weighted by Gasteiger charge is -2.26. The van der Waals surface area contributed by atoms with E-state index in [4.69, 9.17) is 15.6 Å². The summed E-state index contributed by atoms with van der Waals surface area (Å²) in [6.07, 6.45) is 3.09. The number of hydrogen-bond acceptors (Lipinski definition) is 9. The summed E-state index contributed by atoms with van der Waals surface area (Å²) in [5.74, 6) is 0.986. The van der Waals surface area contributed by atoms with Crippen LogP contribution in [0.25, 0.3) is 22.3 Å². The number of fused-ring (bicyclic) bond motifs is 1. The number of benzene rings is 2. The largest absolute Gasteiger partial charge is 0.383 e. The van der Waals surface area contributed by atoms with Gasteiger partial charge in [0.25, 0.3) is 5.56 Å². The molecule has 1 atom stereocenters. The minimum atomic E-state index is -3.74. The summed E-state index contributed by atoms with van der Waals surface area (Å²) in [5.41, 5.74) is 9.09. The van der Waals surface area contributed by atoms with E-state index in [-0.39, 0.29) is 29.4 Å². The molecule has 42 heavy (non-hydrogen) atoms. The Morgan fingerprint density at radius 3 is 2.55 bits per heavy atom. The smallest absolute Gasteiger partial charge is 0.282 e. The number of rotatable bonds is 7. The average Bonchev–Trinajstić information content (AvgIpc) is 3.38. The maximum Gasteiger partial charge on any atom is 0.282 e. The number of hydrogen-bond donors (Lipinski definition) is 2. The van der Waals surface area contributed by atoms with Gasteiger partial charge in [-0.1, -0.05) is 30.3 Å². The van der Waals surface area contributed by atoms with Crippen molar-refractivity contribution in [2.75, 3.05) is 37.4 Å². The molecule has 1 aliphatic heterocycles. The molecule has 0 saturated carbocycles. The minimum Gasteiger partial charge on any atom is -0.383 e. The minimum absolute atomic E-state index is 0.136. The lowest BCUT2D eigenvalue weighted by atomic mass is 10.1. The number of aryl methyl sites for hydroxylation is 1. The quantitative estimate of drug-likeness (QED) is 0.293. The maximum atomic E-state index is 13.8. The van der Waals surface area contributed by atoms with Gasteiger partial charge in [-0.3, -0.25) is 9.36 Å². The Bertz CT molecular complexity index is 1930. The van der Waals surface area contributed by atoms with E-state index in [2.05, 4.69) is 15.3 Å². The molecule has 3 N–H and O–H groups in total. The zero-order valence-electron chi connectivity index (χ0n) is 23.1. The summed E-state index contributed by atoms with van der Waals surface area (Å²) in [4.78, 5) is 22.5. The van der Waals surface area contributed by atoms with E-state index in [9.17, 15) is 13.2 Å². The fourth-order valence-corrected chi connectivity index (χ4v) is 6.60. The number of nitrogens with zero attached hydrogens (tertiary/aromatic N) is 6. The van der Waals surface area contributed by atoms with Crippen molar-refractivity contribution in [2.45, 2.75) is 24.8 Å². The molecule has 0 spiro atoms. The van der Waals surface area contributed by atoms with E-state index in [1.54, 1.807) is 39.5 Å². The standard InChI is InChI=1S/C29H30N8O4S/c1-19-11-12-36-25(19)29(38)37(22-8-4-3-5-9-22)28(34-36)20(2)33-27-24(26(30)31-18-32-27)21-7-6-10-23(17-21)42(39,40)35-13-15-41-16-14-35/h3-12,17-18,20H,13-16H2,1-2H3,(H3,30,31,32,33)/t20-/m0/s1. The number of nitrogens with two attached hydrogens (primary N) is 1. The summed E-state index contributed by atoms with van der Waals surface area (Å²) < 4.78 is 36.6. The van der Waals surface area contributed by atoms with Crippen molar-refractivity contribution >= 4 is 27.2 Å². The zero-order valence-corrected chi connectivity index (χ0v) is 24.0. The molecule has 2 aromatic carbocycles. The Labute approximate surface area is 242 Å². The first-order chi connectivity index (χ1) is 20.3. The number of morpholine rings is 1. The molecule has 216 valence electrons. The molecule has 12 nitrogen and oxygen atoms in total. The van der Waals surface area contributed by atoms with Gasteiger partial charge < -0.3 is 15.8 Å². The van der Waals surface area contributed by atoms with Gasteiger partial charge in [-0.05, 0) is 55.3 Å². The van der Waals surface area contributed by atoms with Crippen molar-refractivity contribution in [3.05, 3.63) is 94.9 Å². The van der Waals surface area contributed by atoms with Crippen molar-refractivity contribution < 1.29 is 13.2 Å². The molecule has 1 aliphatic rings. The Kier molecular flexibility index (Phi) is 7.22. The zero-order chi connectivity index (χ0) is 29.4.